The minimum Gasteiger partial charge on any atom is -0.393 e. The third kappa shape index (κ3) is 1.88. The lowest BCUT2D eigenvalue weighted by molar-refractivity contribution is 0.248. The van der Waals surface area contributed by atoms with E-state index in [9.17, 15) is 0 Å². The van der Waals surface area contributed by atoms with Gasteiger partial charge in [0.25, 0.3) is 0 Å². The number of hydrogen-bond acceptors (Lipinski definition) is 3. The van der Waals surface area contributed by atoms with Gasteiger partial charge in [-0.2, -0.15) is 0 Å². The van der Waals surface area contributed by atoms with E-state index in [1.807, 2.05) is 37.3 Å². The van der Waals surface area contributed by atoms with Crippen molar-refractivity contribution in [2.75, 3.05) is 14.2 Å². The molecule has 14 heavy (non-hydrogen) atoms. The second kappa shape index (κ2) is 4.70. The van der Waals surface area contributed by atoms with Gasteiger partial charge < -0.3 is 14.6 Å². The van der Waals surface area contributed by atoms with Gasteiger partial charge >= 0.3 is 8.56 Å². The molecule has 1 aromatic carbocycles. The Labute approximate surface area is 86.1 Å². The number of rotatable bonds is 4. The monoisotopic (exact) mass is 211 g/mol. The minimum absolute atomic E-state index is 0.0973. The van der Waals surface area contributed by atoms with Gasteiger partial charge in [0.05, 0.1) is 0 Å². The van der Waals surface area contributed by atoms with Gasteiger partial charge in [-0.05, 0) is 12.1 Å². The van der Waals surface area contributed by atoms with Crippen LogP contribution in [0.25, 0.3) is 0 Å². The average molecular weight is 211 g/mol. The van der Waals surface area contributed by atoms with Gasteiger partial charge in [0.2, 0.25) is 0 Å². The molecule has 0 aromatic heterocycles. The zero-order valence-corrected chi connectivity index (χ0v) is 9.86. The first-order chi connectivity index (χ1) is 6.67. The predicted molar refractivity (Wildman–Crippen MR) is 59.5 cm³/mol. The van der Waals surface area contributed by atoms with E-state index in [0.29, 0.717) is 0 Å². The summed E-state index contributed by atoms with van der Waals surface area (Å²) in [6.45, 7) is 1.92. The summed E-state index contributed by atoms with van der Waals surface area (Å²) in [5.41, 5.74) is 5.84. The third-order valence-corrected chi connectivity index (χ3v) is 5.93. The van der Waals surface area contributed by atoms with E-state index >= 15 is 0 Å². The largest absolute Gasteiger partial charge is 0.393 e. The van der Waals surface area contributed by atoms with Crippen molar-refractivity contribution in [1.82, 2.24) is 0 Å². The Bertz CT molecular complexity index is 273. The second-order valence-electron chi connectivity index (χ2n) is 3.23. The molecule has 0 aliphatic carbocycles. The standard InChI is InChI=1S/C10H17NO2Si/c1-9(11)14(12-2,13-3)10-7-5-4-6-8-10/h4-9H,11H2,1-3H3. The van der Waals surface area contributed by atoms with Crippen LogP contribution in [0, 0.1) is 0 Å². The van der Waals surface area contributed by atoms with Crippen molar-refractivity contribution in [2.24, 2.45) is 5.73 Å². The maximum absolute atomic E-state index is 5.94. The molecule has 2 N–H and O–H groups in total. The quantitative estimate of drug-likeness (QED) is 0.738. The molecule has 1 unspecified atom stereocenters. The molecule has 1 aromatic rings. The molecule has 0 saturated heterocycles. The zero-order valence-electron chi connectivity index (χ0n) is 8.86. The van der Waals surface area contributed by atoms with Crippen LogP contribution in [0.1, 0.15) is 6.92 Å². The van der Waals surface area contributed by atoms with E-state index in [1.54, 1.807) is 14.2 Å². The minimum atomic E-state index is -2.42. The summed E-state index contributed by atoms with van der Waals surface area (Å²) < 4.78 is 11.1. The fourth-order valence-corrected chi connectivity index (χ4v) is 4.19. The Balaban J connectivity index is 3.11. The molecule has 0 fully saturated rings. The van der Waals surface area contributed by atoms with E-state index < -0.39 is 8.56 Å². The summed E-state index contributed by atoms with van der Waals surface area (Å²) >= 11 is 0. The van der Waals surface area contributed by atoms with Crippen molar-refractivity contribution >= 4 is 13.7 Å². The van der Waals surface area contributed by atoms with Crippen LogP contribution in [-0.2, 0) is 8.85 Å². The normalized spacial score (nSPS) is 14.0. The molecule has 78 valence electrons. The Morgan fingerprint density at radius 3 is 2.00 bits per heavy atom. The van der Waals surface area contributed by atoms with Crippen molar-refractivity contribution in [3.63, 3.8) is 0 Å². The highest BCUT2D eigenvalue weighted by Gasteiger charge is 2.42. The Hall–Kier alpha value is -0.683. The van der Waals surface area contributed by atoms with Crippen LogP contribution in [0.5, 0.6) is 0 Å². The maximum atomic E-state index is 5.94. The molecule has 1 atom stereocenters. The third-order valence-electron chi connectivity index (χ3n) is 2.38. The van der Waals surface area contributed by atoms with Crippen LogP contribution in [0.3, 0.4) is 0 Å². The Kier molecular flexibility index (Phi) is 3.83. The van der Waals surface area contributed by atoms with Gasteiger partial charge in [-0.3, -0.25) is 0 Å². The fourth-order valence-electron chi connectivity index (χ4n) is 1.62. The molecule has 0 bridgehead atoms. The lowest BCUT2D eigenvalue weighted by Crippen LogP contribution is -2.64. The lowest BCUT2D eigenvalue weighted by atomic mass is 10.4. The fraction of sp³-hybridized carbons (Fsp3) is 0.400. The molecule has 0 aliphatic heterocycles. The van der Waals surface area contributed by atoms with E-state index in [-0.39, 0.29) is 5.67 Å². The number of hydrogen-bond donors (Lipinski definition) is 1. The zero-order chi connectivity index (χ0) is 10.6. The lowest BCUT2D eigenvalue weighted by Gasteiger charge is -2.30. The first kappa shape index (κ1) is 11.4. The van der Waals surface area contributed by atoms with Gasteiger partial charge in [-0.1, -0.05) is 30.3 Å². The maximum Gasteiger partial charge on any atom is 0.389 e. The smallest absolute Gasteiger partial charge is 0.389 e. The van der Waals surface area contributed by atoms with Crippen LogP contribution < -0.4 is 10.9 Å². The first-order valence-corrected chi connectivity index (χ1v) is 6.48. The Morgan fingerprint density at radius 1 is 1.14 bits per heavy atom. The van der Waals surface area contributed by atoms with E-state index in [4.69, 9.17) is 14.6 Å². The van der Waals surface area contributed by atoms with Gasteiger partial charge in [-0.25, -0.2) is 0 Å². The molecule has 1 rings (SSSR count). The molecule has 4 heteroatoms. The van der Waals surface area contributed by atoms with E-state index in [1.165, 1.54) is 0 Å². The summed E-state index contributed by atoms with van der Waals surface area (Å²) in [4.78, 5) is 0. The summed E-state index contributed by atoms with van der Waals surface area (Å²) in [6.07, 6.45) is 0. The highest BCUT2D eigenvalue weighted by molar-refractivity contribution is 6.82. The highest BCUT2D eigenvalue weighted by Crippen LogP contribution is 2.09. The predicted octanol–water partition coefficient (Wildman–Crippen LogP) is 0.515. The topological polar surface area (TPSA) is 44.5 Å². The van der Waals surface area contributed by atoms with Crippen molar-refractivity contribution in [2.45, 2.75) is 12.6 Å². The molecule has 0 aliphatic rings. The van der Waals surface area contributed by atoms with Crippen LogP contribution >= 0.6 is 0 Å². The van der Waals surface area contributed by atoms with E-state index in [0.717, 1.165) is 5.19 Å². The van der Waals surface area contributed by atoms with Crippen LogP contribution in [-0.4, -0.2) is 28.4 Å². The molecule has 0 saturated carbocycles. The van der Waals surface area contributed by atoms with Crippen molar-refractivity contribution in [3.8, 4) is 0 Å². The van der Waals surface area contributed by atoms with Gasteiger partial charge in [-0.15, -0.1) is 0 Å². The molecule has 0 radical (unpaired) electrons. The van der Waals surface area contributed by atoms with Crippen LogP contribution in [0.15, 0.2) is 30.3 Å². The average Bonchev–Trinajstić information content (AvgIpc) is 2.22. The molecular formula is C10H17NO2Si. The molecule has 3 nitrogen and oxygen atoms in total. The SMILES string of the molecule is CO[Si](OC)(c1ccccc1)C(C)N. The molecule has 0 spiro atoms. The van der Waals surface area contributed by atoms with Gasteiger partial charge in [0.1, 0.15) is 0 Å². The van der Waals surface area contributed by atoms with Crippen molar-refractivity contribution in [1.29, 1.82) is 0 Å². The summed E-state index contributed by atoms with van der Waals surface area (Å²) in [6, 6.07) is 9.91. The number of benzene rings is 1. The molecule has 0 heterocycles. The summed E-state index contributed by atoms with van der Waals surface area (Å²) in [5, 5.41) is 1.07. The first-order valence-electron chi connectivity index (χ1n) is 4.58. The second-order valence-corrected chi connectivity index (χ2v) is 6.87. The number of nitrogens with two attached hydrogens (primary N) is 1. The van der Waals surface area contributed by atoms with Crippen molar-refractivity contribution < 1.29 is 8.85 Å². The summed E-state index contributed by atoms with van der Waals surface area (Å²) in [7, 11) is 0.899. The van der Waals surface area contributed by atoms with E-state index in [2.05, 4.69) is 0 Å². The van der Waals surface area contributed by atoms with Crippen molar-refractivity contribution in [3.05, 3.63) is 30.3 Å². The van der Waals surface area contributed by atoms with Crippen LogP contribution in [0.4, 0.5) is 0 Å². The molecular weight excluding hydrogens is 194 g/mol. The van der Waals surface area contributed by atoms with Crippen LogP contribution in [0.2, 0.25) is 0 Å². The highest BCUT2D eigenvalue weighted by atomic mass is 28.4. The van der Waals surface area contributed by atoms with Gasteiger partial charge in [0, 0.05) is 19.9 Å². The molecule has 0 amide bonds. The van der Waals surface area contributed by atoms with Gasteiger partial charge in [0.15, 0.2) is 0 Å². The summed E-state index contributed by atoms with van der Waals surface area (Å²) in [5.74, 6) is 0. The Morgan fingerprint density at radius 2 is 1.64 bits per heavy atom.